The summed E-state index contributed by atoms with van der Waals surface area (Å²) >= 11 is 12.1. The zero-order chi connectivity index (χ0) is 26.2. The van der Waals surface area contributed by atoms with Crippen LogP contribution in [0.3, 0.4) is 0 Å². The lowest BCUT2D eigenvalue weighted by Crippen LogP contribution is -2.39. The predicted molar refractivity (Wildman–Crippen MR) is 137 cm³/mol. The van der Waals surface area contributed by atoms with Crippen molar-refractivity contribution < 1.29 is 29.7 Å². The van der Waals surface area contributed by atoms with Crippen LogP contribution in [0.25, 0.3) is 0 Å². The zero-order valence-corrected chi connectivity index (χ0v) is 21.0. The Morgan fingerprint density at radius 3 is 2.39 bits per heavy atom. The van der Waals surface area contributed by atoms with Gasteiger partial charge >= 0.3 is 11.9 Å². The number of Topliss-reactive ketones (excluding diaryl/α,β-unsaturated/α-hetero) is 1. The second kappa shape index (κ2) is 13.0. The minimum Gasteiger partial charge on any atom is -0.478 e. The molecule has 36 heavy (non-hydrogen) atoms. The molecular weight excluding hydrogens is 507 g/mol. The molecule has 4 N–H and O–H groups in total. The molecule has 2 heterocycles. The number of hydrogen-bond donors (Lipinski definition) is 4. The Hall–Kier alpha value is -2.75. The SMILES string of the molecule is O=C(Cc1ccc(Cl)c(Cl)c1)c1cccc2c1CCNC2CN1CCC(O)C1.O=C(O)/C=C/C(=O)O. The van der Waals surface area contributed by atoms with E-state index >= 15 is 0 Å². The van der Waals surface area contributed by atoms with E-state index < -0.39 is 11.9 Å². The summed E-state index contributed by atoms with van der Waals surface area (Å²) in [5, 5.41) is 30.0. The van der Waals surface area contributed by atoms with Gasteiger partial charge in [-0.3, -0.25) is 9.69 Å². The number of fused-ring (bicyclic) bond motifs is 1. The first-order valence-corrected chi connectivity index (χ1v) is 12.3. The van der Waals surface area contributed by atoms with E-state index in [9.17, 15) is 19.5 Å². The number of likely N-dealkylation sites (tertiary alicyclic amines) is 1. The lowest BCUT2D eigenvalue weighted by atomic mass is 9.87. The number of rotatable bonds is 7. The fraction of sp³-hybridized carbons (Fsp3) is 0.346. The average molecular weight is 535 g/mol. The van der Waals surface area contributed by atoms with Crippen LogP contribution in [0.1, 0.15) is 39.5 Å². The molecule has 1 fully saturated rings. The molecule has 8 nitrogen and oxygen atoms in total. The van der Waals surface area contributed by atoms with E-state index in [4.69, 9.17) is 33.4 Å². The van der Waals surface area contributed by atoms with Gasteiger partial charge in [-0.1, -0.05) is 47.5 Å². The monoisotopic (exact) mass is 534 g/mol. The molecule has 0 radical (unpaired) electrons. The number of carboxylic acid groups (broad SMARTS) is 2. The highest BCUT2D eigenvalue weighted by Crippen LogP contribution is 2.29. The Bertz CT molecular complexity index is 1140. The molecule has 2 aromatic carbocycles. The molecule has 10 heteroatoms. The van der Waals surface area contributed by atoms with Crippen LogP contribution in [-0.2, 0) is 22.4 Å². The van der Waals surface area contributed by atoms with Crippen LogP contribution in [0.15, 0.2) is 48.6 Å². The maximum atomic E-state index is 13.0. The highest BCUT2D eigenvalue weighted by molar-refractivity contribution is 6.42. The summed E-state index contributed by atoms with van der Waals surface area (Å²) in [7, 11) is 0. The van der Waals surface area contributed by atoms with Gasteiger partial charge in [0.25, 0.3) is 0 Å². The molecule has 2 unspecified atom stereocenters. The number of nitrogens with zero attached hydrogens (tertiary/aromatic N) is 1. The lowest BCUT2D eigenvalue weighted by Gasteiger charge is -2.31. The van der Waals surface area contributed by atoms with Gasteiger partial charge in [-0.05, 0) is 48.2 Å². The number of carboxylic acids is 2. The standard InChI is InChI=1S/C22H24Cl2N2O2.C4H4O4/c23-19-5-4-14(10-20(19)24)11-22(28)18-3-1-2-17-16(18)6-8-25-21(17)13-26-9-7-15(27)12-26;5-3(6)1-2-4(7)8/h1-5,10,15,21,25,27H,6-9,11-13H2;1-2H,(H,5,6)(H,7,8)/b;2-1+. The van der Waals surface area contributed by atoms with Crippen LogP contribution in [0.5, 0.6) is 0 Å². The average Bonchev–Trinajstić information content (AvgIpc) is 3.25. The summed E-state index contributed by atoms with van der Waals surface area (Å²) in [4.78, 5) is 34.4. The summed E-state index contributed by atoms with van der Waals surface area (Å²) < 4.78 is 0. The second-order valence-electron chi connectivity index (χ2n) is 8.69. The van der Waals surface area contributed by atoms with Gasteiger partial charge in [0.15, 0.2) is 5.78 Å². The van der Waals surface area contributed by atoms with Gasteiger partial charge in [0.2, 0.25) is 0 Å². The maximum Gasteiger partial charge on any atom is 0.328 e. The third kappa shape index (κ3) is 7.88. The van der Waals surface area contributed by atoms with Crippen molar-refractivity contribution >= 4 is 40.9 Å². The van der Waals surface area contributed by atoms with Crippen LogP contribution in [0, 0.1) is 0 Å². The Morgan fingerprint density at radius 2 is 1.78 bits per heavy atom. The largest absolute Gasteiger partial charge is 0.478 e. The van der Waals surface area contributed by atoms with Gasteiger partial charge in [0.1, 0.15) is 0 Å². The van der Waals surface area contributed by atoms with E-state index in [-0.39, 0.29) is 17.9 Å². The Labute approximate surface area is 219 Å². The van der Waals surface area contributed by atoms with Gasteiger partial charge in [0, 0.05) is 49.8 Å². The van der Waals surface area contributed by atoms with E-state index in [1.807, 2.05) is 18.2 Å². The quantitative estimate of drug-likeness (QED) is 0.314. The van der Waals surface area contributed by atoms with Gasteiger partial charge < -0.3 is 20.6 Å². The third-order valence-electron chi connectivity index (χ3n) is 6.06. The molecule has 2 aliphatic rings. The van der Waals surface area contributed by atoms with Gasteiger partial charge in [-0.25, -0.2) is 9.59 Å². The minimum absolute atomic E-state index is 0.104. The molecule has 4 rings (SSSR count). The number of aliphatic carboxylic acids is 2. The number of carbonyl (C=O) groups excluding carboxylic acids is 1. The number of halogens is 2. The predicted octanol–water partition coefficient (Wildman–Crippen LogP) is 3.38. The lowest BCUT2D eigenvalue weighted by molar-refractivity contribution is -0.134. The smallest absolute Gasteiger partial charge is 0.328 e. The van der Waals surface area contributed by atoms with E-state index in [1.54, 1.807) is 12.1 Å². The number of benzene rings is 2. The molecule has 1 saturated heterocycles. The van der Waals surface area contributed by atoms with Crippen molar-refractivity contribution in [1.82, 2.24) is 10.2 Å². The van der Waals surface area contributed by atoms with Crippen molar-refractivity contribution in [2.75, 3.05) is 26.2 Å². The topological polar surface area (TPSA) is 127 Å². The fourth-order valence-electron chi connectivity index (χ4n) is 4.42. The number of aliphatic hydroxyl groups excluding tert-OH is 1. The van der Waals surface area contributed by atoms with E-state index in [0.29, 0.717) is 28.6 Å². The van der Waals surface area contributed by atoms with E-state index in [0.717, 1.165) is 55.7 Å². The van der Waals surface area contributed by atoms with E-state index in [2.05, 4.69) is 16.3 Å². The zero-order valence-electron chi connectivity index (χ0n) is 19.5. The third-order valence-corrected chi connectivity index (χ3v) is 6.80. The van der Waals surface area contributed by atoms with Crippen molar-refractivity contribution in [3.8, 4) is 0 Å². The van der Waals surface area contributed by atoms with Crippen molar-refractivity contribution in [3.63, 3.8) is 0 Å². The van der Waals surface area contributed by atoms with Gasteiger partial charge in [0.05, 0.1) is 16.1 Å². The van der Waals surface area contributed by atoms with E-state index in [1.165, 1.54) is 5.56 Å². The van der Waals surface area contributed by atoms with Crippen molar-refractivity contribution in [3.05, 3.63) is 80.8 Å². The summed E-state index contributed by atoms with van der Waals surface area (Å²) in [6, 6.07) is 11.6. The molecule has 2 atom stereocenters. The Kier molecular flexibility index (Phi) is 10.0. The molecule has 2 aliphatic heterocycles. The molecule has 2 aromatic rings. The number of β-amino-alcohol motifs (C(OH)–C–C–N with tert-alkyl or cyclic N) is 1. The maximum absolute atomic E-state index is 13.0. The van der Waals surface area contributed by atoms with Crippen molar-refractivity contribution in [2.24, 2.45) is 0 Å². The molecule has 0 amide bonds. The van der Waals surface area contributed by atoms with Crippen LogP contribution in [0.4, 0.5) is 0 Å². The number of ketones is 1. The molecule has 0 saturated carbocycles. The number of nitrogens with one attached hydrogen (secondary N) is 1. The van der Waals surface area contributed by atoms with Crippen molar-refractivity contribution in [1.29, 1.82) is 0 Å². The highest BCUT2D eigenvalue weighted by atomic mass is 35.5. The first-order valence-electron chi connectivity index (χ1n) is 11.5. The molecule has 192 valence electrons. The summed E-state index contributed by atoms with van der Waals surface area (Å²) in [6.07, 6.45) is 2.88. The molecule has 0 spiro atoms. The second-order valence-corrected chi connectivity index (χ2v) is 9.50. The van der Waals surface area contributed by atoms with Crippen LogP contribution < -0.4 is 5.32 Å². The van der Waals surface area contributed by atoms with Crippen molar-refractivity contribution in [2.45, 2.75) is 31.4 Å². The van der Waals surface area contributed by atoms with Gasteiger partial charge in [-0.2, -0.15) is 0 Å². The highest BCUT2D eigenvalue weighted by Gasteiger charge is 2.28. The Balaban J connectivity index is 0.000000392. The summed E-state index contributed by atoms with van der Waals surface area (Å²) in [5.74, 6) is -2.41. The number of carbonyl (C=O) groups is 3. The van der Waals surface area contributed by atoms with Crippen LogP contribution in [-0.4, -0.2) is 70.2 Å². The first-order chi connectivity index (χ1) is 17.1. The molecular formula is C26H28Cl2N2O6. The number of aliphatic hydroxyl groups is 1. The van der Waals surface area contributed by atoms with Gasteiger partial charge in [-0.15, -0.1) is 0 Å². The molecule has 0 aromatic heterocycles. The number of hydrogen-bond acceptors (Lipinski definition) is 6. The van der Waals surface area contributed by atoms with Crippen LogP contribution >= 0.6 is 23.2 Å². The fourth-order valence-corrected chi connectivity index (χ4v) is 4.75. The normalized spacial score (nSPS) is 19.4. The summed E-state index contributed by atoms with van der Waals surface area (Å²) in [6.45, 7) is 3.35. The molecule has 0 aliphatic carbocycles. The first kappa shape index (κ1) is 27.8. The Morgan fingerprint density at radius 1 is 1.06 bits per heavy atom. The summed E-state index contributed by atoms with van der Waals surface area (Å²) in [5.41, 5.74) is 4.02. The van der Waals surface area contributed by atoms with Crippen LogP contribution in [0.2, 0.25) is 10.0 Å². The minimum atomic E-state index is -1.26. The molecule has 0 bridgehead atoms.